The van der Waals surface area contributed by atoms with Crippen molar-refractivity contribution in [3.63, 3.8) is 0 Å². The van der Waals surface area contributed by atoms with Gasteiger partial charge in [-0.15, -0.1) is 0 Å². The minimum absolute atomic E-state index is 0.206. The van der Waals surface area contributed by atoms with Crippen molar-refractivity contribution in [2.75, 3.05) is 11.4 Å². The van der Waals surface area contributed by atoms with Gasteiger partial charge >= 0.3 is 29.9 Å². The summed E-state index contributed by atoms with van der Waals surface area (Å²) in [5.41, 5.74) is -14.6. The van der Waals surface area contributed by atoms with Crippen molar-refractivity contribution in [3.05, 3.63) is 67.4 Å². The van der Waals surface area contributed by atoms with Crippen LogP contribution in [-0.2, 0) is 11.8 Å². The molecule has 38 heavy (non-hydrogen) atoms. The third kappa shape index (κ3) is 5.29. The number of rotatable bonds is 6. The van der Waals surface area contributed by atoms with Gasteiger partial charge in [0, 0.05) is 22.6 Å². The Morgan fingerprint density at radius 2 is 1.55 bits per heavy atom. The van der Waals surface area contributed by atoms with Crippen molar-refractivity contribution >= 4 is 33.2 Å². The van der Waals surface area contributed by atoms with Gasteiger partial charge in [-0.25, -0.2) is 4.39 Å². The number of halogens is 12. The van der Waals surface area contributed by atoms with Gasteiger partial charge in [0.05, 0.1) is 21.7 Å². The molecule has 5 nitrogen and oxygen atoms in total. The highest BCUT2D eigenvalue weighted by molar-refractivity contribution is 9.10. The highest BCUT2D eigenvalue weighted by atomic mass is 79.9. The summed E-state index contributed by atoms with van der Waals surface area (Å²) in [6.45, 7) is -0.610. The Morgan fingerprint density at radius 1 is 1.00 bits per heavy atom. The van der Waals surface area contributed by atoms with Crippen LogP contribution in [0.4, 0.5) is 59.7 Å². The molecular formula is C21H12BrF11N2O3. The molecule has 0 unspecified atom stereocenters. The number of hydrogen-bond acceptors (Lipinski definition) is 3. The second-order valence-electron chi connectivity index (χ2n) is 8.26. The maximum absolute atomic E-state index is 14.7. The molecule has 0 aliphatic heterocycles. The molecule has 3 rings (SSSR count). The van der Waals surface area contributed by atoms with Crippen LogP contribution in [-0.4, -0.2) is 29.7 Å². The van der Waals surface area contributed by atoms with Crippen LogP contribution in [0, 0.1) is 21.8 Å². The molecule has 0 N–H and O–H groups in total. The molecule has 1 fully saturated rings. The van der Waals surface area contributed by atoms with Crippen LogP contribution in [0.1, 0.15) is 34.3 Å². The maximum Gasteiger partial charge on any atom is 0.435 e. The first-order chi connectivity index (χ1) is 17.2. The van der Waals surface area contributed by atoms with E-state index in [1.807, 2.05) is 0 Å². The summed E-state index contributed by atoms with van der Waals surface area (Å²) in [5.74, 6) is -3.82. The molecule has 17 heteroatoms. The molecule has 0 spiro atoms. The van der Waals surface area contributed by atoms with E-state index in [0.29, 0.717) is 25.0 Å². The molecule has 0 radical (unpaired) electrons. The number of hydrogen-bond donors (Lipinski definition) is 0. The molecule has 1 aliphatic carbocycles. The fraction of sp³-hybridized carbons (Fsp3) is 0.381. The van der Waals surface area contributed by atoms with E-state index in [1.165, 1.54) is 0 Å². The molecule has 1 aliphatic rings. The average Bonchev–Trinajstić information content (AvgIpc) is 3.58. The zero-order chi connectivity index (χ0) is 29.0. The van der Waals surface area contributed by atoms with Crippen molar-refractivity contribution < 1.29 is 58.0 Å². The summed E-state index contributed by atoms with van der Waals surface area (Å²) in [6, 6.07) is 1.26. The van der Waals surface area contributed by atoms with Gasteiger partial charge in [-0.1, -0.05) is 6.07 Å². The smallest absolute Gasteiger partial charge is 0.306 e. The lowest BCUT2D eigenvalue weighted by Crippen LogP contribution is -2.50. The molecule has 0 atom stereocenters. The van der Waals surface area contributed by atoms with Crippen LogP contribution >= 0.6 is 15.9 Å². The van der Waals surface area contributed by atoms with Gasteiger partial charge < -0.3 is 4.90 Å². The number of nitrogens with zero attached hydrogens (tertiary/aromatic N) is 2. The Labute approximate surface area is 213 Å². The minimum atomic E-state index is -6.73. The Balaban J connectivity index is 2.31. The highest BCUT2D eigenvalue weighted by Crippen LogP contribution is 2.55. The predicted octanol–water partition coefficient (Wildman–Crippen LogP) is 7.86. The number of anilines is 1. The highest BCUT2D eigenvalue weighted by Gasteiger charge is 2.73. The molecule has 1 amide bonds. The van der Waals surface area contributed by atoms with E-state index >= 15 is 0 Å². The van der Waals surface area contributed by atoms with E-state index in [-0.39, 0.29) is 11.0 Å². The van der Waals surface area contributed by atoms with Gasteiger partial charge in [0.1, 0.15) is 0 Å². The van der Waals surface area contributed by atoms with Gasteiger partial charge in [-0.2, -0.15) is 43.9 Å². The van der Waals surface area contributed by atoms with Gasteiger partial charge in [0.25, 0.3) is 5.91 Å². The van der Waals surface area contributed by atoms with Crippen LogP contribution in [0.2, 0.25) is 0 Å². The third-order valence-electron chi connectivity index (χ3n) is 5.61. The molecule has 2 aromatic carbocycles. The summed E-state index contributed by atoms with van der Waals surface area (Å²) in [4.78, 5) is 23.2. The average molecular weight is 629 g/mol. The zero-order valence-corrected chi connectivity index (χ0v) is 19.8. The lowest BCUT2D eigenvalue weighted by molar-refractivity contribution is -0.387. The van der Waals surface area contributed by atoms with Crippen LogP contribution < -0.4 is 4.90 Å². The van der Waals surface area contributed by atoms with Gasteiger partial charge in [0.2, 0.25) is 5.82 Å². The van der Waals surface area contributed by atoms with Crippen molar-refractivity contribution in [1.82, 2.24) is 0 Å². The molecule has 0 saturated heterocycles. The second kappa shape index (κ2) is 9.64. The normalized spacial score (nSPS) is 14.9. The summed E-state index contributed by atoms with van der Waals surface area (Å²) in [7, 11) is 0. The molecule has 0 bridgehead atoms. The van der Waals surface area contributed by atoms with Crippen LogP contribution in [0.3, 0.4) is 0 Å². The fourth-order valence-corrected chi connectivity index (χ4v) is 4.26. The Morgan fingerprint density at radius 3 is 2.00 bits per heavy atom. The molecular weight excluding hydrogens is 617 g/mol. The van der Waals surface area contributed by atoms with Gasteiger partial charge in [0.15, 0.2) is 0 Å². The first-order valence-electron chi connectivity index (χ1n) is 10.2. The zero-order valence-electron chi connectivity index (χ0n) is 18.2. The van der Waals surface area contributed by atoms with E-state index in [9.17, 15) is 63.2 Å². The van der Waals surface area contributed by atoms with E-state index in [0.717, 1.165) is 6.07 Å². The summed E-state index contributed by atoms with van der Waals surface area (Å²) >= 11 is 2.43. The van der Waals surface area contributed by atoms with Crippen LogP contribution in [0.5, 0.6) is 0 Å². The van der Waals surface area contributed by atoms with Gasteiger partial charge in [-0.05, 0) is 52.9 Å². The van der Waals surface area contributed by atoms with E-state index in [2.05, 4.69) is 15.9 Å². The number of amides is 1. The van der Waals surface area contributed by atoms with E-state index in [4.69, 9.17) is 0 Å². The lowest BCUT2D eigenvalue weighted by atomic mass is 9.91. The molecule has 1 saturated carbocycles. The maximum atomic E-state index is 14.7. The Bertz CT molecular complexity index is 1260. The van der Waals surface area contributed by atoms with Crippen molar-refractivity contribution in [3.8, 4) is 0 Å². The quantitative estimate of drug-likeness (QED) is 0.186. The summed E-state index contributed by atoms with van der Waals surface area (Å²) in [5, 5.41) is 11.0. The summed E-state index contributed by atoms with van der Waals surface area (Å²) in [6.07, 6.45) is -18.5. The standard InChI is InChI=1S/C21H12BrF11N2O3/c22-13-7-10(18(24,20(28,29)30)21(31,32)33)6-12(19(25,26)27)16(13)34(8-9-4-5-9)17(36)11-2-1-3-14(15(11)23)35(37)38/h1-3,6-7,9H,4-5,8H2. The van der Waals surface area contributed by atoms with E-state index in [1.54, 1.807) is 0 Å². The predicted molar refractivity (Wildman–Crippen MR) is 111 cm³/mol. The SMILES string of the molecule is O=C(c1cccc([N+](=O)[O-])c1F)N(CC1CC1)c1c(Br)cc(C(F)(C(F)(F)F)C(F)(F)F)cc1C(F)(F)F. The Hall–Kier alpha value is -2.98. The van der Waals surface area contributed by atoms with Crippen LogP contribution in [0.25, 0.3) is 0 Å². The van der Waals surface area contributed by atoms with Crippen molar-refractivity contribution in [2.24, 2.45) is 5.92 Å². The largest absolute Gasteiger partial charge is 0.435 e. The second-order valence-corrected chi connectivity index (χ2v) is 9.12. The molecule has 2 aromatic rings. The number of nitro benzene ring substituents is 1. The fourth-order valence-electron chi connectivity index (χ4n) is 3.58. The molecule has 0 aromatic heterocycles. The number of alkyl halides is 10. The van der Waals surface area contributed by atoms with Crippen molar-refractivity contribution in [1.29, 1.82) is 0 Å². The number of carbonyl (C=O) groups excluding carboxylic acids is 1. The first kappa shape index (κ1) is 29.6. The minimum Gasteiger partial charge on any atom is -0.306 e. The van der Waals surface area contributed by atoms with Gasteiger partial charge in [-0.3, -0.25) is 14.9 Å². The van der Waals surface area contributed by atoms with Crippen LogP contribution in [0.15, 0.2) is 34.8 Å². The molecule has 0 heterocycles. The molecule has 208 valence electrons. The van der Waals surface area contributed by atoms with Crippen molar-refractivity contribution in [2.45, 2.75) is 37.0 Å². The van der Waals surface area contributed by atoms with E-state index < -0.39 is 91.9 Å². The monoisotopic (exact) mass is 628 g/mol. The first-order valence-corrected chi connectivity index (χ1v) is 11.0. The topological polar surface area (TPSA) is 63.4 Å². The number of carbonyl (C=O) groups is 1. The Kier molecular flexibility index (Phi) is 7.51. The third-order valence-corrected chi connectivity index (χ3v) is 6.21. The number of nitro groups is 1. The lowest BCUT2D eigenvalue weighted by Gasteiger charge is -2.33. The summed E-state index contributed by atoms with van der Waals surface area (Å²) < 4.78 is 150. The number of benzene rings is 2.